The summed E-state index contributed by atoms with van der Waals surface area (Å²) in [7, 11) is 0. The highest BCUT2D eigenvalue weighted by Crippen LogP contribution is 2.39. The van der Waals surface area contributed by atoms with Gasteiger partial charge in [-0.25, -0.2) is 4.98 Å². The minimum Gasteiger partial charge on any atom is -0.492 e. The van der Waals surface area contributed by atoms with Gasteiger partial charge in [-0.2, -0.15) is 0 Å². The number of hydrogen-bond donors (Lipinski definition) is 1. The number of carbonyl (C=O) groups excluding carboxylic acids is 1. The standard InChI is InChI=1S/C22H21N3O2/c1-3-27-19-11-7-6-10-18(19)24-21-16-8-4-5-9-17(16)22(26)25(21)20-14-15(2)12-13-23-20/h4-14,21,24H,3H2,1-2H3/t21-/m1/s1. The molecule has 0 aliphatic carbocycles. The van der Waals surface area contributed by atoms with Crippen molar-refractivity contribution in [3.05, 3.63) is 83.6 Å². The summed E-state index contributed by atoms with van der Waals surface area (Å²) in [5.74, 6) is 1.33. The first-order valence-electron chi connectivity index (χ1n) is 9.02. The highest BCUT2D eigenvalue weighted by molar-refractivity contribution is 6.11. The number of aromatic nitrogens is 1. The lowest BCUT2D eigenvalue weighted by Gasteiger charge is -2.27. The van der Waals surface area contributed by atoms with E-state index in [2.05, 4.69) is 10.3 Å². The van der Waals surface area contributed by atoms with E-state index in [9.17, 15) is 4.79 Å². The summed E-state index contributed by atoms with van der Waals surface area (Å²) < 4.78 is 5.74. The largest absolute Gasteiger partial charge is 0.492 e. The van der Waals surface area contributed by atoms with Crippen LogP contribution in [0.1, 0.15) is 34.6 Å². The molecule has 0 unspecified atom stereocenters. The molecule has 27 heavy (non-hydrogen) atoms. The summed E-state index contributed by atoms with van der Waals surface area (Å²) in [6.45, 7) is 4.52. The number of nitrogens with one attached hydrogen (secondary N) is 1. The van der Waals surface area contributed by atoms with E-state index < -0.39 is 0 Å². The molecule has 0 saturated heterocycles. The molecule has 136 valence electrons. The number of carbonyl (C=O) groups is 1. The van der Waals surface area contributed by atoms with Gasteiger partial charge < -0.3 is 10.1 Å². The van der Waals surface area contributed by atoms with Gasteiger partial charge in [0.15, 0.2) is 0 Å². The highest BCUT2D eigenvalue weighted by Gasteiger charge is 2.38. The van der Waals surface area contributed by atoms with Crippen molar-refractivity contribution in [3.8, 4) is 5.75 Å². The SMILES string of the molecule is CCOc1ccccc1N[C@H]1c2ccccc2C(=O)N1c1cc(C)ccn1. The zero-order valence-corrected chi connectivity index (χ0v) is 15.3. The van der Waals surface area contributed by atoms with Gasteiger partial charge in [-0.15, -0.1) is 0 Å². The second-order valence-corrected chi connectivity index (χ2v) is 6.43. The van der Waals surface area contributed by atoms with E-state index in [1.54, 1.807) is 11.1 Å². The molecule has 5 heteroatoms. The monoisotopic (exact) mass is 359 g/mol. The maximum absolute atomic E-state index is 13.1. The zero-order valence-electron chi connectivity index (χ0n) is 15.3. The average Bonchev–Trinajstić information content (AvgIpc) is 2.96. The molecular formula is C22H21N3O2. The first-order chi connectivity index (χ1) is 13.2. The van der Waals surface area contributed by atoms with E-state index in [-0.39, 0.29) is 12.1 Å². The van der Waals surface area contributed by atoms with Crippen molar-refractivity contribution in [1.29, 1.82) is 0 Å². The molecular weight excluding hydrogens is 338 g/mol. The van der Waals surface area contributed by atoms with Gasteiger partial charge in [0.2, 0.25) is 0 Å². The van der Waals surface area contributed by atoms with Gasteiger partial charge in [-0.05, 0) is 49.7 Å². The topological polar surface area (TPSA) is 54.5 Å². The van der Waals surface area contributed by atoms with Crippen molar-refractivity contribution in [2.45, 2.75) is 20.0 Å². The predicted molar refractivity (Wildman–Crippen MR) is 106 cm³/mol. The number of nitrogens with zero attached hydrogens (tertiary/aromatic N) is 2. The molecule has 0 saturated carbocycles. The third-order valence-electron chi connectivity index (χ3n) is 4.59. The highest BCUT2D eigenvalue weighted by atomic mass is 16.5. The molecule has 0 bridgehead atoms. The second-order valence-electron chi connectivity index (χ2n) is 6.43. The van der Waals surface area contributed by atoms with Gasteiger partial charge in [0, 0.05) is 17.3 Å². The minimum absolute atomic E-state index is 0.0601. The number of benzene rings is 2. The zero-order chi connectivity index (χ0) is 18.8. The first kappa shape index (κ1) is 17.1. The fourth-order valence-electron chi connectivity index (χ4n) is 3.36. The van der Waals surface area contributed by atoms with Crippen LogP contribution >= 0.6 is 0 Å². The Labute approximate surface area is 158 Å². The Bertz CT molecular complexity index is 987. The third kappa shape index (κ3) is 3.12. The third-order valence-corrected chi connectivity index (χ3v) is 4.59. The van der Waals surface area contributed by atoms with Crippen LogP contribution in [0.4, 0.5) is 11.5 Å². The van der Waals surface area contributed by atoms with Crippen molar-refractivity contribution in [2.24, 2.45) is 0 Å². The Hall–Kier alpha value is -3.34. The van der Waals surface area contributed by atoms with Gasteiger partial charge in [0.1, 0.15) is 17.7 Å². The molecule has 1 N–H and O–H groups in total. The van der Waals surface area contributed by atoms with Crippen LogP contribution in [0.2, 0.25) is 0 Å². The molecule has 5 nitrogen and oxygen atoms in total. The number of amides is 1. The molecule has 3 aromatic rings. The van der Waals surface area contributed by atoms with Crippen LogP contribution in [0.25, 0.3) is 0 Å². The Morgan fingerprint density at radius 2 is 1.89 bits per heavy atom. The molecule has 4 rings (SSSR count). The molecule has 1 aromatic heterocycles. The van der Waals surface area contributed by atoms with E-state index in [0.29, 0.717) is 18.0 Å². The van der Waals surface area contributed by atoms with Gasteiger partial charge in [0.25, 0.3) is 5.91 Å². The number of para-hydroxylation sites is 2. The summed E-state index contributed by atoms with van der Waals surface area (Å²) in [5.41, 5.74) is 3.51. The van der Waals surface area contributed by atoms with Crippen molar-refractivity contribution in [2.75, 3.05) is 16.8 Å². The molecule has 1 aliphatic heterocycles. The van der Waals surface area contributed by atoms with Gasteiger partial charge in [-0.3, -0.25) is 9.69 Å². The summed E-state index contributed by atoms with van der Waals surface area (Å²) in [4.78, 5) is 19.3. The predicted octanol–water partition coefficient (Wildman–Crippen LogP) is 4.56. The van der Waals surface area contributed by atoms with Crippen molar-refractivity contribution in [1.82, 2.24) is 4.98 Å². The molecule has 1 amide bonds. The number of aryl methyl sites for hydroxylation is 1. The number of fused-ring (bicyclic) bond motifs is 1. The lowest BCUT2D eigenvalue weighted by molar-refractivity contribution is 0.0992. The smallest absolute Gasteiger partial charge is 0.261 e. The van der Waals surface area contributed by atoms with Crippen LogP contribution in [-0.2, 0) is 0 Å². The van der Waals surface area contributed by atoms with Gasteiger partial charge in [0.05, 0.1) is 12.3 Å². The minimum atomic E-state index is -0.357. The summed E-state index contributed by atoms with van der Waals surface area (Å²) in [5, 5.41) is 3.49. The van der Waals surface area contributed by atoms with Gasteiger partial charge >= 0.3 is 0 Å². The van der Waals surface area contributed by atoms with Gasteiger partial charge in [-0.1, -0.05) is 30.3 Å². The number of hydrogen-bond acceptors (Lipinski definition) is 4. The molecule has 1 atom stereocenters. The van der Waals surface area contributed by atoms with E-state index in [1.807, 2.05) is 74.5 Å². The van der Waals surface area contributed by atoms with Crippen LogP contribution in [0, 0.1) is 6.92 Å². The summed E-state index contributed by atoms with van der Waals surface area (Å²) in [6.07, 6.45) is 1.37. The van der Waals surface area contributed by atoms with E-state index in [4.69, 9.17) is 4.74 Å². The quantitative estimate of drug-likeness (QED) is 0.726. The Kier molecular flexibility index (Phi) is 4.50. The fraction of sp³-hybridized carbons (Fsp3) is 0.182. The lowest BCUT2D eigenvalue weighted by atomic mass is 10.1. The van der Waals surface area contributed by atoms with Crippen LogP contribution in [0.3, 0.4) is 0 Å². The molecule has 2 aromatic carbocycles. The Morgan fingerprint density at radius 1 is 1.11 bits per heavy atom. The Morgan fingerprint density at radius 3 is 2.70 bits per heavy atom. The van der Waals surface area contributed by atoms with E-state index in [1.165, 1.54) is 0 Å². The number of anilines is 2. The molecule has 2 heterocycles. The second kappa shape index (κ2) is 7.11. The average molecular weight is 359 g/mol. The van der Waals surface area contributed by atoms with Crippen molar-refractivity contribution in [3.63, 3.8) is 0 Å². The Balaban J connectivity index is 1.79. The molecule has 0 spiro atoms. The molecule has 0 radical (unpaired) electrons. The summed E-state index contributed by atoms with van der Waals surface area (Å²) >= 11 is 0. The molecule has 1 aliphatic rings. The molecule has 0 fully saturated rings. The van der Waals surface area contributed by atoms with Crippen LogP contribution in [-0.4, -0.2) is 17.5 Å². The number of pyridine rings is 1. The normalized spacial score (nSPS) is 15.6. The van der Waals surface area contributed by atoms with Crippen LogP contribution < -0.4 is 15.0 Å². The van der Waals surface area contributed by atoms with E-state index >= 15 is 0 Å². The number of ether oxygens (including phenoxy) is 1. The first-order valence-corrected chi connectivity index (χ1v) is 9.02. The summed E-state index contributed by atoms with van der Waals surface area (Å²) in [6, 6.07) is 19.3. The lowest BCUT2D eigenvalue weighted by Crippen LogP contribution is -2.33. The van der Waals surface area contributed by atoms with Crippen molar-refractivity contribution < 1.29 is 9.53 Å². The van der Waals surface area contributed by atoms with Crippen LogP contribution in [0.5, 0.6) is 5.75 Å². The van der Waals surface area contributed by atoms with E-state index in [0.717, 1.165) is 22.6 Å². The fourth-order valence-corrected chi connectivity index (χ4v) is 3.36. The number of rotatable bonds is 5. The maximum atomic E-state index is 13.1. The maximum Gasteiger partial charge on any atom is 0.261 e. The van der Waals surface area contributed by atoms with Crippen LogP contribution in [0.15, 0.2) is 66.9 Å². The van der Waals surface area contributed by atoms with Crippen molar-refractivity contribution >= 4 is 17.4 Å².